The molecule has 3 aromatic rings. The number of nitrogens with zero attached hydrogens (tertiary/aromatic N) is 2. The molecule has 33 heavy (non-hydrogen) atoms. The predicted molar refractivity (Wildman–Crippen MR) is 133 cm³/mol. The van der Waals surface area contributed by atoms with Crippen molar-refractivity contribution in [1.82, 2.24) is 9.78 Å². The van der Waals surface area contributed by atoms with Gasteiger partial charge in [-0.25, -0.2) is 9.48 Å². The van der Waals surface area contributed by atoms with Gasteiger partial charge in [0, 0.05) is 17.5 Å². The summed E-state index contributed by atoms with van der Waals surface area (Å²) in [5.41, 5.74) is 3.30. The van der Waals surface area contributed by atoms with Crippen LogP contribution in [0.3, 0.4) is 0 Å². The van der Waals surface area contributed by atoms with E-state index in [-0.39, 0.29) is 12.0 Å². The number of alkyl halides is 3. The molecule has 0 saturated heterocycles. The normalized spacial score (nSPS) is 11.8. The number of hydrogen-bond donors (Lipinski definition) is 1. The SMILES string of the molecule is Cc1ccc(-n2nc(C(C)(C)C)cc2NC(=O)OCC(Cl)(Cl)Cl)cc1OCc1ccccc1. The van der Waals surface area contributed by atoms with E-state index in [1.807, 2.05) is 76.2 Å². The third-order valence-electron chi connectivity index (χ3n) is 4.73. The molecule has 0 aliphatic rings. The zero-order valence-electron chi connectivity index (χ0n) is 18.9. The van der Waals surface area contributed by atoms with Gasteiger partial charge in [-0.1, -0.05) is 92.0 Å². The molecule has 1 N–H and O–H groups in total. The quantitative estimate of drug-likeness (QED) is 0.363. The zero-order valence-corrected chi connectivity index (χ0v) is 21.1. The number of carbonyl (C=O) groups excluding carboxylic acids is 1. The molecule has 0 aliphatic carbocycles. The van der Waals surface area contributed by atoms with Gasteiger partial charge in [0.05, 0.1) is 11.4 Å². The molecule has 0 atom stereocenters. The van der Waals surface area contributed by atoms with Crippen molar-refractivity contribution in [3.8, 4) is 11.4 Å². The van der Waals surface area contributed by atoms with Crippen LogP contribution in [0.2, 0.25) is 0 Å². The molecule has 2 aromatic carbocycles. The van der Waals surface area contributed by atoms with E-state index in [1.165, 1.54) is 0 Å². The highest BCUT2D eigenvalue weighted by atomic mass is 35.6. The number of halogens is 3. The minimum Gasteiger partial charge on any atom is -0.489 e. The van der Waals surface area contributed by atoms with Gasteiger partial charge in [0.2, 0.25) is 3.79 Å². The average molecular weight is 511 g/mol. The topological polar surface area (TPSA) is 65.4 Å². The summed E-state index contributed by atoms with van der Waals surface area (Å²) in [6.45, 7) is 8.13. The van der Waals surface area contributed by atoms with Gasteiger partial charge in [0.1, 0.15) is 24.8 Å². The maximum Gasteiger partial charge on any atom is 0.412 e. The number of nitrogens with one attached hydrogen (secondary N) is 1. The monoisotopic (exact) mass is 509 g/mol. The third kappa shape index (κ3) is 7.29. The van der Waals surface area contributed by atoms with Crippen LogP contribution in [0.4, 0.5) is 10.6 Å². The van der Waals surface area contributed by atoms with Gasteiger partial charge in [-0.15, -0.1) is 0 Å². The Hall–Kier alpha value is -2.41. The molecule has 0 spiro atoms. The Balaban J connectivity index is 1.89. The van der Waals surface area contributed by atoms with Crippen molar-refractivity contribution in [3.63, 3.8) is 0 Å². The summed E-state index contributed by atoms with van der Waals surface area (Å²) in [5.74, 6) is 1.14. The molecular formula is C24H26Cl3N3O3. The van der Waals surface area contributed by atoms with Gasteiger partial charge in [0.15, 0.2) is 0 Å². The number of benzene rings is 2. The molecule has 0 bridgehead atoms. The number of carbonyl (C=O) groups is 1. The van der Waals surface area contributed by atoms with E-state index in [4.69, 9.17) is 49.4 Å². The van der Waals surface area contributed by atoms with Crippen LogP contribution in [-0.2, 0) is 16.8 Å². The van der Waals surface area contributed by atoms with Crippen LogP contribution in [0.5, 0.6) is 5.75 Å². The van der Waals surface area contributed by atoms with Crippen molar-refractivity contribution in [2.24, 2.45) is 0 Å². The Morgan fingerprint density at radius 2 is 1.76 bits per heavy atom. The molecule has 1 heterocycles. The molecule has 0 radical (unpaired) electrons. The average Bonchev–Trinajstić information content (AvgIpc) is 3.16. The van der Waals surface area contributed by atoms with E-state index in [0.717, 1.165) is 22.5 Å². The van der Waals surface area contributed by atoms with Gasteiger partial charge in [-0.3, -0.25) is 5.32 Å². The molecular weight excluding hydrogens is 485 g/mol. The van der Waals surface area contributed by atoms with E-state index in [9.17, 15) is 4.79 Å². The molecule has 0 unspecified atom stereocenters. The summed E-state index contributed by atoms with van der Waals surface area (Å²) in [7, 11) is 0. The molecule has 0 aliphatic heterocycles. The standard InChI is InChI=1S/C24H26Cl3N3O3/c1-16-10-11-18(12-19(16)32-14-17-8-6-5-7-9-17)30-21(13-20(29-30)23(2,3)4)28-22(31)33-15-24(25,26)27/h5-13H,14-15H2,1-4H3,(H,28,31). The van der Waals surface area contributed by atoms with Crippen LogP contribution >= 0.6 is 34.8 Å². The first-order valence-electron chi connectivity index (χ1n) is 10.3. The molecule has 9 heteroatoms. The van der Waals surface area contributed by atoms with Gasteiger partial charge >= 0.3 is 6.09 Å². The van der Waals surface area contributed by atoms with Gasteiger partial charge in [-0.2, -0.15) is 5.10 Å². The first-order valence-corrected chi connectivity index (χ1v) is 11.4. The summed E-state index contributed by atoms with van der Waals surface area (Å²) in [4.78, 5) is 12.3. The summed E-state index contributed by atoms with van der Waals surface area (Å²) in [6, 6.07) is 17.4. The molecule has 3 rings (SSSR count). The fourth-order valence-corrected chi connectivity index (χ4v) is 3.10. The fourth-order valence-electron chi connectivity index (χ4n) is 2.93. The lowest BCUT2D eigenvalue weighted by Gasteiger charge is -2.15. The van der Waals surface area contributed by atoms with Crippen molar-refractivity contribution in [2.75, 3.05) is 11.9 Å². The second kappa shape index (κ2) is 10.2. The Kier molecular flexibility index (Phi) is 7.83. The number of anilines is 1. The smallest absolute Gasteiger partial charge is 0.412 e. The maximum absolute atomic E-state index is 12.3. The minimum absolute atomic E-state index is 0.250. The predicted octanol–water partition coefficient (Wildman–Crippen LogP) is 6.98. The number of hydrogen-bond acceptors (Lipinski definition) is 4. The number of ether oxygens (including phenoxy) is 2. The van der Waals surface area contributed by atoms with Crippen LogP contribution < -0.4 is 10.1 Å². The zero-order chi connectivity index (χ0) is 24.2. The van der Waals surface area contributed by atoms with E-state index in [1.54, 1.807) is 10.7 Å². The summed E-state index contributed by atoms with van der Waals surface area (Å²) in [5, 5.41) is 7.40. The van der Waals surface area contributed by atoms with Crippen LogP contribution in [-0.4, -0.2) is 26.3 Å². The van der Waals surface area contributed by atoms with E-state index in [0.29, 0.717) is 18.2 Å². The summed E-state index contributed by atoms with van der Waals surface area (Å²) in [6.07, 6.45) is -0.754. The van der Waals surface area contributed by atoms with Gasteiger partial charge < -0.3 is 9.47 Å². The number of amides is 1. The van der Waals surface area contributed by atoms with Gasteiger partial charge in [-0.05, 0) is 24.1 Å². The van der Waals surface area contributed by atoms with E-state index in [2.05, 4.69) is 5.32 Å². The minimum atomic E-state index is -1.70. The first-order chi connectivity index (χ1) is 15.4. The van der Waals surface area contributed by atoms with E-state index >= 15 is 0 Å². The Morgan fingerprint density at radius 3 is 2.39 bits per heavy atom. The fraction of sp³-hybridized carbons (Fsp3) is 0.333. The van der Waals surface area contributed by atoms with Crippen molar-refractivity contribution in [1.29, 1.82) is 0 Å². The highest BCUT2D eigenvalue weighted by Crippen LogP contribution is 2.30. The Labute approximate surface area is 208 Å². The molecule has 6 nitrogen and oxygen atoms in total. The maximum atomic E-state index is 12.3. The highest BCUT2D eigenvalue weighted by molar-refractivity contribution is 6.67. The number of aromatic nitrogens is 2. The molecule has 0 fully saturated rings. The second-order valence-corrected chi connectivity index (χ2v) is 11.1. The molecule has 1 amide bonds. The number of rotatable bonds is 6. The highest BCUT2D eigenvalue weighted by Gasteiger charge is 2.25. The number of aryl methyl sites for hydroxylation is 1. The lowest BCUT2D eigenvalue weighted by molar-refractivity contribution is 0.163. The van der Waals surface area contributed by atoms with Crippen molar-refractivity contribution in [2.45, 2.75) is 43.5 Å². The Bertz CT molecular complexity index is 1100. The first kappa shape index (κ1) is 25.2. The van der Waals surface area contributed by atoms with Crippen LogP contribution in [0.25, 0.3) is 5.69 Å². The third-order valence-corrected chi connectivity index (χ3v) is 5.06. The van der Waals surface area contributed by atoms with Crippen LogP contribution in [0.15, 0.2) is 54.6 Å². The van der Waals surface area contributed by atoms with Crippen molar-refractivity contribution < 1.29 is 14.3 Å². The molecule has 1 aromatic heterocycles. The van der Waals surface area contributed by atoms with Crippen LogP contribution in [0.1, 0.15) is 37.6 Å². The largest absolute Gasteiger partial charge is 0.489 e. The Morgan fingerprint density at radius 1 is 1.06 bits per heavy atom. The van der Waals surface area contributed by atoms with Gasteiger partial charge in [0.25, 0.3) is 0 Å². The lowest BCUT2D eigenvalue weighted by atomic mass is 9.92. The van der Waals surface area contributed by atoms with Crippen LogP contribution in [0, 0.1) is 6.92 Å². The summed E-state index contributed by atoms with van der Waals surface area (Å²) >= 11 is 17.0. The molecule has 0 saturated carbocycles. The lowest BCUT2D eigenvalue weighted by Crippen LogP contribution is -2.22. The van der Waals surface area contributed by atoms with E-state index < -0.39 is 9.89 Å². The summed E-state index contributed by atoms with van der Waals surface area (Å²) < 4.78 is 11.0. The van der Waals surface area contributed by atoms with Crippen molar-refractivity contribution in [3.05, 3.63) is 71.4 Å². The van der Waals surface area contributed by atoms with Crippen molar-refractivity contribution >= 4 is 46.7 Å². The second-order valence-electron chi connectivity index (χ2n) is 8.62. The molecule has 176 valence electrons.